The van der Waals surface area contributed by atoms with Crippen LogP contribution in [0.15, 0.2) is 65.6 Å². The van der Waals surface area contributed by atoms with E-state index in [-0.39, 0.29) is 41.5 Å². The maximum atomic E-state index is 15.5. The second-order valence-corrected chi connectivity index (χ2v) is 14.9. The monoisotopic (exact) mass is 698 g/mol. The standard InChI is InChI=1S/C36H47FN4O7S/c1-25-14-16-27(49(45,46)40-18-10-7-11-19-40)23-28(25)35(43)41(20-21-48-24-36(2,3)44)33(26-15-17-31(39(4)5)29(37)22-26)34(42)38-30-12-8-9-13-32(30)47-6/h8-9,12-17,22-23,33,44H,7,10-11,18-21,24H2,1-6H3,(H,38,42). The summed E-state index contributed by atoms with van der Waals surface area (Å²) in [6.45, 7) is 5.33. The van der Waals surface area contributed by atoms with Gasteiger partial charge in [-0.05, 0) is 81.1 Å². The summed E-state index contributed by atoms with van der Waals surface area (Å²) in [4.78, 5) is 31.8. The lowest BCUT2D eigenvalue weighted by molar-refractivity contribution is -0.121. The number of anilines is 2. The molecule has 13 heteroatoms. The largest absolute Gasteiger partial charge is 0.495 e. The molecule has 49 heavy (non-hydrogen) atoms. The highest BCUT2D eigenvalue weighted by atomic mass is 32.2. The minimum atomic E-state index is -3.89. The molecule has 1 aliphatic rings. The SMILES string of the molecule is COc1ccccc1NC(=O)C(c1ccc(N(C)C)c(F)c1)N(CCOCC(C)(C)O)C(=O)c1cc(S(=O)(=O)N2CCCCC2)ccc1C. The first-order valence-corrected chi connectivity index (χ1v) is 17.7. The Hall–Kier alpha value is -4.04. The van der Waals surface area contributed by atoms with Crippen LogP contribution in [0.3, 0.4) is 0 Å². The number of para-hydroxylation sites is 2. The summed E-state index contributed by atoms with van der Waals surface area (Å²) >= 11 is 0. The second kappa shape index (κ2) is 16.1. The minimum absolute atomic E-state index is 0.0296. The number of nitrogens with one attached hydrogen (secondary N) is 1. The van der Waals surface area contributed by atoms with Crippen LogP contribution in [0.4, 0.5) is 15.8 Å². The Morgan fingerprint density at radius 1 is 1.04 bits per heavy atom. The van der Waals surface area contributed by atoms with Gasteiger partial charge in [-0.15, -0.1) is 0 Å². The molecular formula is C36H47FN4O7S. The van der Waals surface area contributed by atoms with E-state index in [1.165, 1.54) is 40.6 Å². The number of carbonyl (C=O) groups is 2. The fraction of sp³-hybridized carbons (Fsp3) is 0.444. The number of benzene rings is 3. The van der Waals surface area contributed by atoms with Crippen LogP contribution in [-0.2, 0) is 19.6 Å². The summed E-state index contributed by atoms with van der Waals surface area (Å²) in [5, 5.41) is 13.1. The number of hydrogen-bond acceptors (Lipinski definition) is 8. The maximum Gasteiger partial charge on any atom is 0.255 e. The fourth-order valence-corrected chi connectivity index (χ4v) is 7.26. The van der Waals surface area contributed by atoms with E-state index in [9.17, 15) is 23.1 Å². The number of ether oxygens (including phenoxy) is 2. The molecule has 3 aromatic rings. The topological polar surface area (TPSA) is 129 Å². The lowest BCUT2D eigenvalue weighted by Gasteiger charge is -2.33. The molecule has 1 unspecified atom stereocenters. The molecular weight excluding hydrogens is 651 g/mol. The Labute approximate surface area is 288 Å². The highest BCUT2D eigenvalue weighted by Crippen LogP contribution is 2.32. The van der Waals surface area contributed by atoms with Crippen molar-refractivity contribution in [3.05, 3.63) is 83.2 Å². The molecule has 0 aromatic heterocycles. The lowest BCUT2D eigenvalue weighted by atomic mass is 10.00. The van der Waals surface area contributed by atoms with Crippen molar-refractivity contribution in [2.24, 2.45) is 0 Å². The molecule has 11 nitrogen and oxygen atoms in total. The first-order chi connectivity index (χ1) is 23.1. The zero-order valence-electron chi connectivity index (χ0n) is 29.0. The summed E-state index contributed by atoms with van der Waals surface area (Å²) in [6, 6.07) is 14.1. The van der Waals surface area contributed by atoms with Gasteiger partial charge in [0.15, 0.2) is 0 Å². The fourth-order valence-electron chi connectivity index (χ4n) is 5.71. The quantitative estimate of drug-likeness (QED) is 0.226. The second-order valence-electron chi connectivity index (χ2n) is 13.0. The van der Waals surface area contributed by atoms with Gasteiger partial charge in [0.25, 0.3) is 11.8 Å². The van der Waals surface area contributed by atoms with Crippen LogP contribution >= 0.6 is 0 Å². The van der Waals surface area contributed by atoms with Gasteiger partial charge in [0, 0.05) is 39.3 Å². The van der Waals surface area contributed by atoms with Crippen LogP contribution in [-0.4, -0.2) is 94.2 Å². The number of aliphatic hydroxyl groups is 1. The van der Waals surface area contributed by atoms with Crippen molar-refractivity contribution in [2.75, 3.05) is 64.3 Å². The van der Waals surface area contributed by atoms with E-state index in [2.05, 4.69) is 5.32 Å². The van der Waals surface area contributed by atoms with Crippen molar-refractivity contribution in [1.82, 2.24) is 9.21 Å². The number of rotatable bonds is 14. The molecule has 1 atom stereocenters. The molecule has 1 aliphatic heterocycles. The summed E-state index contributed by atoms with van der Waals surface area (Å²) in [6.07, 6.45) is 2.45. The van der Waals surface area contributed by atoms with E-state index in [0.29, 0.717) is 30.1 Å². The Balaban J connectivity index is 1.83. The Morgan fingerprint density at radius 2 is 1.73 bits per heavy atom. The molecule has 266 valence electrons. The van der Waals surface area contributed by atoms with Gasteiger partial charge in [0.2, 0.25) is 10.0 Å². The molecule has 4 rings (SSSR count). The van der Waals surface area contributed by atoms with Crippen LogP contribution < -0.4 is 15.0 Å². The molecule has 0 bridgehead atoms. The normalized spacial score (nSPS) is 14.6. The van der Waals surface area contributed by atoms with Gasteiger partial charge < -0.3 is 29.7 Å². The predicted molar refractivity (Wildman–Crippen MR) is 187 cm³/mol. The van der Waals surface area contributed by atoms with Gasteiger partial charge in [-0.25, -0.2) is 12.8 Å². The summed E-state index contributed by atoms with van der Waals surface area (Å²) in [7, 11) is 0.945. The van der Waals surface area contributed by atoms with Crippen molar-refractivity contribution < 1.29 is 37.0 Å². The average Bonchev–Trinajstić information content (AvgIpc) is 3.06. The Morgan fingerprint density at radius 3 is 2.37 bits per heavy atom. The number of methoxy groups -OCH3 is 1. The van der Waals surface area contributed by atoms with Gasteiger partial charge in [-0.3, -0.25) is 9.59 Å². The van der Waals surface area contributed by atoms with Gasteiger partial charge in [-0.2, -0.15) is 4.31 Å². The van der Waals surface area contributed by atoms with Gasteiger partial charge in [-0.1, -0.05) is 30.7 Å². The average molecular weight is 699 g/mol. The van der Waals surface area contributed by atoms with Gasteiger partial charge >= 0.3 is 0 Å². The highest BCUT2D eigenvalue weighted by Gasteiger charge is 2.35. The lowest BCUT2D eigenvalue weighted by Crippen LogP contribution is -2.44. The molecule has 3 aromatic carbocycles. The molecule has 1 heterocycles. The molecule has 0 spiro atoms. The summed E-state index contributed by atoms with van der Waals surface area (Å²) in [5.41, 5.74) is 0.200. The number of aryl methyl sites for hydroxylation is 1. The molecule has 1 saturated heterocycles. The maximum absolute atomic E-state index is 15.5. The van der Waals surface area contributed by atoms with Gasteiger partial charge in [0.1, 0.15) is 17.6 Å². The van der Waals surface area contributed by atoms with E-state index in [4.69, 9.17) is 9.47 Å². The Bertz CT molecular complexity index is 1740. The summed E-state index contributed by atoms with van der Waals surface area (Å²) < 4.78 is 55.3. The van der Waals surface area contributed by atoms with Crippen molar-refractivity contribution >= 4 is 33.2 Å². The predicted octanol–water partition coefficient (Wildman–Crippen LogP) is 4.99. The van der Waals surface area contributed by atoms with Crippen molar-refractivity contribution in [2.45, 2.75) is 56.6 Å². The van der Waals surface area contributed by atoms with Gasteiger partial charge in [0.05, 0.1) is 42.2 Å². The first kappa shape index (κ1) is 37.8. The number of hydrogen-bond donors (Lipinski definition) is 2. The first-order valence-electron chi connectivity index (χ1n) is 16.3. The number of halogens is 1. The molecule has 1 fully saturated rings. The molecule has 0 aliphatic carbocycles. The molecule has 0 saturated carbocycles. The summed E-state index contributed by atoms with van der Waals surface area (Å²) in [5.74, 6) is -1.54. The third kappa shape index (κ3) is 9.35. The zero-order chi connectivity index (χ0) is 35.9. The van der Waals surface area contributed by atoms with Crippen molar-refractivity contribution in [1.29, 1.82) is 0 Å². The van der Waals surface area contributed by atoms with E-state index in [1.807, 2.05) is 0 Å². The number of piperidine rings is 1. The van der Waals surface area contributed by atoms with Crippen LogP contribution in [0, 0.1) is 12.7 Å². The van der Waals surface area contributed by atoms with Crippen molar-refractivity contribution in [3.63, 3.8) is 0 Å². The zero-order valence-corrected chi connectivity index (χ0v) is 29.8. The molecule has 2 N–H and O–H groups in total. The Kier molecular flexibility index (Phi) is 12.4. The third-order valence-corrected chi connectivity index (χ3v) is 10.2. The van der Waals surface area contributed by atoms with Crippen LogP contribution in [0.1, 0.15) is 60.6 Å². The highest BCUT2D eigenvalue weighted by molar-refractivity contribution is 7.89. The minimum Gasteiger partial charge on any atom is -0.495 e. The van der Waals surface area contributed by atoms with Crippen molar-refractivity contribution in [3.8, 4) is 5.75 Å². The number of nitrogens with zero attached hydrogens (tertiary/aromatic N) is 3. The molecule has 0 radical (unpaired) electrons. The van der Waals surface area contributed by atoms with E-state index < -0.39 is 39.3 Å². The van der Waals surface area contributed by atoms with E-state index in [1.54, 1.807) is 76.2 Å². The smallest absolute Gasteiger partial charge is 0.255 e. The number of carbonyl (C=O) groups excluding carboxylic acids is 2. The molecule has 2 amide bonds. The van der Waals surface area contributed by atoms with Crippen LogP contribution in [0.5, 0.6) is 5.75 Å². The number of amides is 2. The van der Waals surface area contributed by atoms with E-state index in [0.717, 1.165) is 19.3 Å². The van der Waals surface area contributed by atoms with Crippen LogP contribution in [0.2, 0.25) is 0 Å². The third-order valence-electron chi connectivity index (χ3n) is 8.28. The number of sulfonamides is 1. The van der Waals surface area contributed by atoms with E-state index >= 15 is 4.39 Å². The van der Waals surface area contributed by atoms with Crippen LogP contribution in [0.25, 0.3) is 0 Å².